The summed E-state index contributed by atoms with van der Waals surface area (Å²) in [5.41, 5.74) is 2.33. The first-order valence-corrected chi connectivity index (χ1v) is 11.5. The Balaban J connectivity index is 1.76. The van der Waals surface area contributed by atoms with Gasteiger partial charge in [-0.1, -0.05) is 50.2 Å². The summed E-state index contributed by atoms with van der Waals surface area (Å²) >= 11 is 3.50. The van der Waals surface area contributed by atoms with Gasteiger partial charge in [-0.25, -0.2) is 0 Å². The molecule has 0 aliphatic carbocycles. The first-order valence-electron chi connectivity index (χ1n) is 11.9. The van der Waals surface area contributed by atoms with Gasteiger partial charge >= 0.3 is 0 Å². The van der Waals surface area contributed by atoms with Gasteiger partial charge in [0.2, 0.25) is 0 Å². The van der Waals surface area contributed by atoms with Crippen LogP contribution < -0.4 is 0 Å². The van der Waals surface area contributed by atoms with Gasteiger partial charge in [-0.2, -0.15) is 0 Å². The van der Waals surface area contributed by atoms with Crippen LogP contribution in [0, 0.1) is 6.85 Å². The largest absolute Gasteiger partial charge is 0.256 e. The molecule has 6 rings (SSSR count). The molecule has 0 aliphatic heterocycles. The third-order valence-corrected chi connectivity index (χ3v) is 8.03. The molecule has 0 amide bonds. The summed E-state index contributed by atoms with van der Waals surface area (Å²) in [6, 6.07) is 21.0. The topological polar surface area (TPSA) is 12.9 Å². The zero-order valence-corrected chi connectivity index (χ0v) is 18.2. The van der Waals surface area contributed by atoms with Gasteiger partial charge in [0.05, 0.1) is 5.69 Å². The van der Waals surface area contributed by atoms with E-state index in [0.29, 0.717) is 11.3 Å². The molecule has 0 unspecified atom stereocenters. The summed E-state index contributed by atoms with van der Waals surface area (Å²) in [6.07, 6.45) is 1.45. The number of nitrogens with zero attached hydrogens (tertiary/aromatic N) is 1. The van der Waals surface area contributed by atoms with Crippen molar-refractivity contribution in [3.8, 4) is 11.3 Å². The fraction of sp³-hybridized carbons (Fsp3) is 0.148. The molecule has 3 heterocycles. The van der Waals surface area contributed by atoms with Crippen molar-refractivity contribution in [1.29, 1.82) is 0 Å². The molecule has 1 nitrogen and oxygen atoms in total. The van der Waals surface area contributed by atoms with Crippen molar-refractivity contribution in [2.45, 2.75) is 26.6 Å². The van der Waals surface area contributed by atoms with Crippen LogP contribution in [-0.4, -0.2) is 4.98 Å². The fourth-order valence-electron chi connectivity index (χ4n) is 4.31. The number of benzene rings is 3. The molecular weight excluding hydrogens is 402 g/mol. The average molecular weight is 428 g/mol. The van der Waals surface area contributed by atoms with Crippen molar-refractivity contribution < 1.29 is 5.48 Å². The van der Waals surface area contributed by atoms with Crippen molar-refractivity contribution in [3.63, 3.8) is 0 Å². The minimum Gasteiger partial charge on any atom is -0.256 e. The van der Waals surface area contributed by atoms with E-state index in [9.17, 15) is 0 Å². The standard InChI is InChI=1S/C27H21NS2/c1-15(2)19-12-21(28-14-16(19)3)20-13-24-25(17-8-4-6-10-22(17)29-24)26-18-9-5-7-11-23(18)30-27(20)26/h4-15H,1-3H3/i3D3,15D. The third kappa shape index (κ3) is 2.55. The van der Waals surface area contributed by atoms with E-state index < -0.39 is 12.7 Å². The van der Waals surface area contributed by atoms with Crippen molar-refractivity contribution >= 4 is 63.0 Å². The van der Waals surface area contributed by atoms with E-state index in [1.165, 1.54) is 41.8 Å². The maximum absolute atomic E-state index is 8.63. The molecule has 30 heavy (non-hydrogen) atoms. The van der Waals surface area contributed by atoms with E-state index in [-0.39, 0.29) is 5.56 Å². The number of pyridine rings is 1. The quantitative estimate of drug-likeness (QED) is 0.269. The summed E-state index contributed by atoms with van der Waals surface area (Å²) in [4.78, 5) is 4.64. The molecule has 0 aliphatic rings. The van der Waals surface area contributed by atoms with Crippen LogP contribution >= 0.6 is 22.7 Å². The summed E-state index contributed by atoms with van der Waals surface area (Å²) in [6.45, 7) is 1.14. The number of hydrogen-bond acceptors (Lipinski definition) is 3. The van der Waals surface area contributed by atoms with Gasteiger partial charge in [0.1, 0.15) is 0 Å². The van der Waals surface area contributed by atoms with Crippen LogP contribution in [0.4, 0.5) is 0 Å². The second kappa shape index (κ2) is 6.63. The second-order valence-corrected chi connectivity index (χ2v) is 9.95. The number of fused-ring (bicyclic) bond motifs is 7. The lowest BCUT2D eigenvalue weighted by Gasteiger charge is -2.12. The van der Waals surface area contributed by atoms with Crippen LogP contribution in [0.1, 0.15) is 36.4 Å². The van der Waals surface area contributed by atoms with E-state index in [1.807, 2.05) is 6.07 Å². The maximum atomic E-state index is 8.63. The highest BCUT2D eigenvalue weighted by Gasteiger charge is 2.19. The Morgan fingerprint density at radius 3 is 2.30 bits per heavy atom. The molecule has 0 saturated carbocycles. The van der Waals surface area contributed by atoms with E-state index >= 15 is 0 Å². The monoisotopic (exact) mass is 427 g/mol. The van der Waals surface area contributed by atoms with E-state index in [0.717, 1.165) is 10.3 Å². The van der Waals surface area contributed by atoms with Gasteiger partial charge in [0.25, 0.3) is 0 Å². The number of aromatic nitrogens is 1. The number of rotatable bonds is 2. The lowest BCUT2D eigenvalue weighted by molar-refractivity contribution is 0.852. The Hall–Kier alpha value is -2.75. The van der Waals surface area contributed by atoms with Crippen LogP contribution in [-0.2, 0) is 0 Å². The second-order valence-electron chi connectivity index (χ2n) is 7.81. The zero-order valence-electron chi connectivity index (χ0n) is 20.6. The summed E-state index contributed by atoms with van der Waals surface area (Å²) in [5.74, 6) is -1.07. The van der Waals surface area contributed by atoms with E-state index in [4.69, 9.17) is 5.48 Å². The zero-order chi connectivity index (χ0) is 23.8. The number of thiophene rings is 2. The maximum Gasteiger partial charge on any atom is 0.0719 e. The van der Waals surface area contributed by atoms with Crippen LogP contribution in [0.15, 0.2) is 66.9 Å². The SMILES string of the molecule is [2H]C([2H])([2H])c1cnc(-c2cc3sc4ccccc4c3c3c2sc2ccccc23)cc1C([2H])(C)C. The molecule has 0 saturated heterocycles. The molecule has 0 bridgehead atoms. The molecule has 6 aromatic rings. The molecule has 0 spiro atoms. The van der Waals surface area contributed by atoms with Crippen LogP contribution in [0.5, 0.6) is 0 Å². The highest BCUT2D eigenvalue weighted by molar-refractivity contribution is 7.28. The first kappa shape index (κ1) is 14.3. The Morgan fingerprint density at radius 1 is 0.867 bits per heavy atom. The lowest BCUT2D eigenvalue weighted by atomic mass is 9.96. The number of aryl methyl sites for hydroxylation is 1. The number of hydrogen-bond donors (Lipinski definition) is 0. The Bertz CT molecular complexity index is 1740. The van der Waals surface area contributed by atoms with Crippen molar-refractivity contribution in [3.05, 3.63) is 78.0 Å². The van der Waals surface area contributed by atoms with Gasteiger partial charge in [0, 0.05) is 57.6 Å². The lowest BCUT2D eigenvalue weighted by Crippen LogP contribution is -1.95. The predicted octanol–water partition coefficient (Wildman–Crippen LogP) is 8.92. The fourth-order valence-corrected chi connectivity index (χ4v) is 6.70. The molecule has 0 fully saturated rings. The van der Waals surface area contributed by atoms with Crippen LogP contribution in [0.25, 0.3) is 51.6 Å². The van der Waals surface area contributed by atoms with Gasteiger partial charge in [-0.05, 0) is 48.1 Å². The van der Waals surface area contributed by atoms with Crippen molar-refractivity contribution in [1.82, 2.24) is 4.98 Å². The molecule has 0 atom stereocenters. The third-order valence-electron chi connectivity index (χ3n) is 5.71. The summed E-state index contributed by atoms with van der Waals surface area (Å²) < 4.78 is 37.3. The molecular formula is C27H21NS2. The Morgan fingerprint density at radius 2 is 1.57 bits per heavy atom. The highest BCUT2D eigenvalue weighted by atomic mass is 32.1. The van der Waals surface area contributed by atoms with Gasteiger partial charge in [-0.3, -0.25) is 4.98 Å². The van der Waals surface area contributed by atoms with Crippen LogP contribution in [0.3, 0.4) is 0 Å². The van der Waals surface area contributed by atoms with E-state index in [2.05, 4.69) is 59.6 Å². The highest BCUT2D eigenvalue weighted by Crippen LogP contribution is 2.48. The van der Waals surface area contributed by atoms with Gasteiger partial charge in [-0.15, -0.1) is 22.7 Å². The van der Waals surface area contributed by atoms with Gasteiger partial charge < -0.3 is 0 Å². The predicted molar refractivity (Wildman–Crippen MR) is 134 cm³/mol. The Labute approximate surface area is 189 Å². The molecule has 0 radical (unpaired) electrons. The van der Waals surface area contributed by atoms with Crippen molar-refractivity contribution in [2.24, 2.45) is 0 Å². The molecule has 146 valence electrons. The normalized spacial score (nSPS) is 14.9. The minimum absolute atomic E-state index is 0.145. The first-order chi connectivity index (χ1) is 16.1. The molecule has 3 heteroatoms. The van der Waals surface area contributed by atoms with Crippen molar-refractivity contribution in [2.75, 3.05) is 0 Å². The minimum atomic E-state index is -2.32. The summed E-state index contributed by atoms with van der Waals surface area (Å²) in [7, 11) is 0. The molecule has 3 aromatic carbocycles. The van der Waals surface area contributed by atoms with Gasteiger partial charge in [0.15, 0.2) is 0 Å². The smallest absolute Gasteiger partial charge is 0.0719 e. The summed E-state index contributed by atoms with van der Waals surface area (Å²) in [5, 5.41) is 4.95. The average Bonchev–Trinajstić information content (AvgIpc) is 3.35. The van der Waals surface area contributed by atoms with E-state index in [1.54, 1.807) is 36.5 Å². The molecule has 3 aromatic heterocycles. The molecule has 0 N–H and O–H groups in total. The van der Waals surface area contributed by atoms with Crippen LogP contribution in [0.2, 0.25) is 0 Å². The Kier molecular flexibility index (Phi) is 3.16.